The van der Waals surface area contributed by atoms with Gasteiger partial charge in [0.15, 0.2) is 0 Å². The maximum Gasteiger partial charge on any atom is 0.251 e. The second-order valence-corrected chi connectivity index (χ2v) is 7.88. The molecule has 0 radical (unpaired) electrons. The molecular weight excluding hydrogens is 342 g/mol. The van der Waals surface area contributed by atoms with E-state index in [1.165, 1.54) is 0 Å². The lowest BCUT2D eigenvalue weighted by Gasteiger charge is -2.28. The summed E-state index contributed by atoms with van der Waals surface area (Å²) in [4.78, 5) is 35.5. The van der Waals surface area contributed by atoms with Gasteiger partial charge >= 0.3 is 0 Å². The lowest BCUT2D eigenvalue weighted by Crippen LogP contribution is -2.31. The topological polar surface area (TPSA) is 87.6 Å². The number of nitrogens with zero attached hydrogens (tertiary/aromatic N) is 1. The van der Waals surface area contributed by atoms with Gasteiger partial charge in [-0.2, -0.15) is 5.10 Å². The van der Waals surface area contributed by atoms with Gasteiger partial charge in [0.25, 0.3) is 5.91 Å². The number of unbranched alkanes of at least 4 members (excludes halogenated alkanes) is 2. The molecule has 1 saturated carbocycles. The van der Waals surface area contributed by atoms with Gasteiger partial charge in [0.05, 0.1) is 0 Å². The van der Waals surface area contributed by atoms with Crippen molar-refractivity contribution in [1.29, 1.82) is 0 Å². The SMILES string of the molecule is CC1(C)CC(=O)C/C(=N/NC(=O)CCCCCNC(=O)c2ccccc2)C1. The lowest BCUT2D eigenvalue weighted by molar-refractivity contribution is -0.122. The van der Waals surface area contributed by atoms with Gasteiger partial charge in [-0.1, -0.05) is 38.5 Å². The molecule has 0 atom stereocenters. The van der Waals surface area contributed by atoms with Crippen molar-refractivity contribution in [1.82, 2.24) is 10.7 Å². The molecule has 2 N–H and O–H groups in total. The summed E-state index contributed by atoms with van der Waals surface area (Å²) in [5.41, 5.74) is 3.90. The fourth-order valence-corrected chi connectivity index (χ4v) is 3.26. The summed E-state index contributed by atoms with van der Waals surface area (Å²) in [6, 6.07) is 9.10. The van der Waals surface area contributed by atoms with Crippen molar-refractivity contribution < 1.29 is 14.4 Å². The molecule has 0 spiro atoms. The predicted octanol–water partition coefficient (Wildman–Crippen LogP) is 3.23. The average molecular weight is 371 g/mol. The highest BCUT2D eigenvalue weighted by Crippen LogP contribution is 2.31. The van der Waals surface area contributed by atoms with Crippen LogP contribution in [0.25, 0.3) is 0 Å². The van der Waals surface area contributed by atoms with Crippen molar-refractivity contribution >= 4 is 23.3 Å². The summed E-state index contributed by atoms with van der Waals surface area (Å²) in [5.74, 6) is -0.0300. The third kappa shape index (κ3) is 7.72. The number of rotatable bonds is 8. The summed E-state index contributed by atoms with van der Waals surface area (Å²) in [6.45, 7) is 4.67. The van der Waals surface area contributed by atoms with E-state index < -0.39 is 0 Å². The largest absolute Gasteiger partial charge is 0.352 e. The predicted molar refractivity (Wildman–Crippen MR) is 105 cm³/mol. The second kappa shape index (κ2) is 10.00. The minimum Gasteiger partial charge on any atom is -0.352 e. The normalized spacial score (nSPS) is 17.6. The highest BCUT2D eigenvalue weighted by molar-refractivity contribution is 6.05. The Morgan fingerprint density at radius 3 is 2.52 bits per heavy atom. The number of hydrogen-bond acceptors (Lipinski definition) is 4. The van der Waals surface area contributed by atoms with E-state index in [1.54, 1.807) is 12.1 Å². The van der Waals surface area contributed by atoms with Gasteiger partial charge in [0.2, 0.25) is 5.91 Å². The van der Waals surface area contributed by atoms with E-state index in [1.807, 2.05) is 32.0 Å². The highest BCUT2D eigenvalue weighted by Gasteiger charge is 2.30. The van der Waals surface area contributed by atoms with E-state index in [0.29, 0.717) is 31.4 Å². The van der Waals surface area contributed by atoms with Crippen LogP contribution < -0.4 is 10.7 Å². The number of benzene rings is 1. The lowest BCUT2D eigenvalue weighted by atomic mass is 9.76. The number of carbonyl (C=O) groups is 3. The first-order chi connectivity index (χ1) is 12.9. The molecule has 0 heterocycles. The summed E-state index contributed by atoms with van der Waals surface area (Å²) in [6.07, 6.45) is 4.45. The number of nitrogens with one attached hydrogen (secondary N) is 2. The first kappa shape index (κ1) is 20.8. The molecule has 6 heteroatoms. The molecule has 1 fully saturated rings. The number of ketones is 1. The van der Waals surface area contributed by atoms with Gasteiger partial charge < -0.3 is 5.32 Å². The smallest absolute Gasteiger partial charge is 0.251 e. The van der Waals surface area contributed by atoms with Gasteiger partial charge in [-0.3, -0.25) is 14.4 Å². The standard InChI is InChI=1S/C21H29N3O3/c1-21(2)14-17(13-18(25)15-21)23-24-19(26)11-7-4-8-12-22-20(27)16-9-5-3-6-10-16/h3,5-6,9-10H,4,7-8,11-15H2,1-2H3,(H,22,27)(H,24,26)/b23-17-. The fourth-order valence-electron chi connectivity index (χ4n) is 3.26. The Morgan fingerprint density at radius 2 is 1.81 bits per heavy atom. The Morgan fingerprint density at radius 1 is 1.07 bits per heavy atom. The monoisotopic (exact) mass is 371 g/mol. The van der Waals surface area contributed by atoms with E-state index in [2.05, 4.69) is 15.8 Å². The Hall–Kier alpha value is -2.50. The van der Waals surface area contributed by atoms with Crippen LogP contribution in [0, 0.1) is 5.41 Å². The van der Waals surface area contributed by atoms with Crippen LogP contribution in [0.3, 0.4) is 0 Å². The van der Waals surface area contributed by atoms with Crippen LogP contribution in [-0.4, -0.2) is 29.9 Å². The van der Waals surface area contributed by atoms with Gasteiger partial charge in [0, 0.05) is 37.1 Å². The average Bonchev–Trinajstić information content (AvgIpc) is 2.61. The molecule has 0 bridgehead atoms. The Balaban J connectivity index is 1.58. The van der Waals surface area contributed by atoms with Crippen molar-refractivity contribution in [2.75, 3.05) is 6.54 Å². The van der Waals surface area contributed by atoms with Crippen molar-refractivity contribution in [2.45, 2.75) is 58.8 Å². The van der Waals surface area contributed by atoms with Gasteiger partial charge in [-0.15, -0.1) is 0 Å². The molecule has 2 rings (SSSR count). The van der Waals surface area contributed by atoms with Gasteiger partial charge in [0.1, 0.15) is 5.78 Å². The van der Waals surface area contributed by atoms with Crippen LogP contribution in [-0.2, 0) is 9.59 Å². The van der Waals surface area contributed by atoms with Gasteiger partial charge in [-0.25, -0.2) is 5.43 Å². The van der Waals surface area contributed by atoms with Crippen LogP contribution in [0.4, 0.5) is 0 Å². The van der Waals surface area contributed by atoms with E-state index in [-0.39, 0.29) is 23.0 Å². The Bertz CT molecular complexity index is 696. The molecule has 0 unspecified atom stereocenters. The van der Waals surface area contributed by atoms with E-state index >= 15 is 0 Å². The molecule has 146 valence electrons. The Labute approximate surface area is 160 Å². The third-order valence-electron chi connectivity index (χ3n) is 4.50. The molecule has 6 nitrogen and oxygen atoms in total. The van der Waals surface area contributed by atoms with Crippen LogP contribution in [0.2, 0.25) is 0 Å². The molecule has 0 saturated heterocycles. The van der Waals surface area contributed by atoms with Crippen molar-refractivity contribution in [3.05, 3.63) is 35.9 Å². The summed E-state index contributed by atoms with van der Waals surface area (Å²) < 4.78 is 0. The summed E-state index contributed by atoms with van der Waals surface area (Å²) in [5, 5.41) is 7.01. The minimum absolute atomic E-state index is 0.0749. The van der Waals surface area contributed by atoms with Crippen molar-refractivity contribution in [3.63, 3.8) is 0 Å². The van der Waals surface area contributed by atoms with Crippen LogP contribution >= 0.6 is 0 Å². The molecular formula is C21H29N3O3. The van der Waals surface area contributed by atoms with E-state index in [0.717, 1.165) is 31.4 Å². The van der Waals surface area contributed by atoms with Crippen LogP contribution in [0.15, 0.2) is 35.4 Å². The van der Waals surface area contributed by atoms with Crippen LogP contribution in [0.1, 0.15) is 69.2 Å². The van der Waals surface area contributed by atoms with Gasteiger partial charge in [-0.05, 0) is 36.8 Å². The fraction of sp³-hybridized carbons (Fsp3) is 0.524. The molecule has 1 aliphatic rings. The van der Waals surface area contributed by atoms with Crippen molar-refractivity contribution in [3.8, 4) is 0 Å². The quantitative estimate of drug-likeness (QED) is 0.543. The molecule has 27 heavy (non-hydrogen) atoms. The summed E-state index contributed by atoms with van der Waals surface area (Å²) in [7, 11) is 0. The molecule has 0 aromatic heterocycles. The second-order valence-electron chi connectivity index (χ2n) is 7.88. The Kier molecular flexibility index (Phi) is 7.70. The zero-order valence-electron chi connectivity index (χ0n) is 16.2. The molecule has 1 aromatic carbocycles. The molecule has 1 aromatic rings. The first-order valence-corrected chi connectivity index (χ1v) is 9.55. The number of amides is 2. The number of Topliss-reactive ketones (excluding diaryl/α,β-unsaturated/α-hetero) is 1. The maximum atomic E-state index is 11.9. The van der Waals surface area contributed by atoms with E-state index in [9.17, 15) is 14.4 Å². The number of carbonyl (C=O) groups excluding carboxylic acids is 3. The number of hydrogen-bond donors (Lipinski definition) is 2. The molecule has 2 amide bonds. The summed E-state index contributed by atoms with van der Waals surface area (Å²) >= 11 is 0. The minimum atomic E-state index is -0.133. The van der Waals surface area contributed by atoms with E-state index in [4.69, 9.17) is 0 Å². The highest BCUT2D eigenvalue weighted by atomic mass is 16.2. The maximum absolute atomic E-state index is 11.9. The zero-order valence-corrected chi connectivity index (χ0v) is 16.2. The van der Waals surface area contributed by atoms with Crippen LogP contribution in [0.5, 0.6) is 0 Å². The third-order valence-corrected chi connectivity index (χ3v) is 4.50. The number of hydrazone groups is 1. The first-order valence-electron chi connectivity index (χ1n) is 9.55. The molecule has 1 aliphatic carbocycles. The van der Waals surface area contributed by atoms with Crippen molar-refractivity contribution in [2.24, 2.45) is 10.5 Å². The molecule has 0 aliphatic heterocycles. The zero-order chi connectivity index (χ0) is 19.7.